The molecule has 0 aromatic carbocycles. The fraction of sp³-hybridized carbons (Fsp3) is 0.778. The zero-order chi connectivity index (χ0) is 18.4. The Morgan fingerprint density at radius 2 is 1.00 bits per heavy atom. The number of hydrogen-bond donors (Lipinski definition) is 0. The van der Waals surface area contributed by atoms with Gasteiger partial charge < -0.3 is 14.2 Å². The minimum Gasteiger partial charge on any atom is -0.463 e. The monoisotopic (exact) mass is 354 g/mol. The van der Waals surface area contributed by atoms with Crippen LogP contribution in [0.15, 0.2) is 0 Å². The van der Waals surface area contributed by atoms with Crippen molar-refractivity contribution in [3.05, 3.63) is 0 Å². The lowest BCUT2D eigenvalue weighted by Crippen LogP contribution is -2.36. The summed E-state index contributed by atoms with van der Waals surface area (Å²) in [4.78, 5) is 45.5. The second-order valence-electron chi connectivity index (χ2n) is 6.90. The van der Waals surface area contributed by atoms with E-state index in [2.05, 4.69) is 0 Å². The highest BCUT2D eigenvalue weighted by Crippen LogP contribution is 2.35. The van der Waals surface area contributed by atoms with E-state index in [1.54, 1.807) is 13.8 Å². The lowest BCUT2D eigenvalue weighted by Gasteiger charge is -2.31. The third kappa shape index (κ3) is 5.63. The summed E-state index contributed by atoms with van der Waals surface area (Å²) < 4.78 is 15.4. The molecule has 0 saturated heterocycles. The number of carbonyl (C=O) groups excluding carboxylic acids is 4. The largest absolute Gasteiger partial charge is 0.463 e. The Morgan fingerprint density at radius 1 is 0.640 bits per heavy atom. The molecule has 140 valence electrons. The molecule has 0 unspecified atom stereocenters. The second-order valence-corrected chi connectivity index (χ2v) is 6.90. The molecule has 2 aliphatic carbocycles. The molecular weight excluding hydrogens is 328 g/mol. The van der Waals surface area contributed by atoms with E-state index < -0.39 is 0 Å². The van der Waals surface area contributed by atoms with E-state index in [9.17, 15) is 19.2 Å². The molecule has 7 nitrogen and oxygen atoms in total. The van der Waals surface area contributed by atoms with E-state index in [1.165, 1.54) is 0 Å². The van der Waals surface area contributed by atoms with Crippen molar-refractivity contribution in [3.63, 3.8) is 0 Å². The number of ketones is 2. The van der Waals surface area contributed by atoms with Crippen LogP contribution in [0.25, 0.3) is 0 Å². The van der Waals surface area contributed by atoms with Crippen LogP contribution in [-0.2, 0) is 33.4 Å². The van der Waals surface area contributed by atoms with E-state index >= 15 is 0 Å². The van der Waals surface area contributed by atoms with Gasteiger partial charge in [-0.25, -0.2) is 0 Å². The summed E-state index contributed by atoms with van der Waals surface area (Å²) in [6.07, 6.45) is 2.32. The van der Waals surface area contributed by atoms with Gasteiger partial charge >= 0.3 is 11.9 Å². The zero-order valence-corrected chi connectivity index (χ0v) is 14.8. The maximum Gasteiger partial charge on any atom is 0.309 e. The van der Waals surface area contributed by atoms with Crippen molar-refractivity contribution in [2.75, 3.05) is 26.4 Å². The van der Waals surface area contributed by atoms with Crippen LogP contribution in [0.2, 0.25) is 0 Å². The predicted molar refractivity (Wildman–Crippen MR) is 86.5 cm³/mol. The van der Waals surface area contributed by atoms with E-state index in [-0.39, 0.29) is 73.6 Å². The first-order valence-electron chi connectivity index (χ1n) is 8.80. The van der Waals surface area contributed by atoms with Gasteiger partial charge in [0.25, 0.3) is 0 Å². The molecule has 0 radical (unpaired) electrons. The molecule has 0 bridgehead atoms. The van der Waals surface area contributed by atoms with Crippen LogP contribution >= 0.6 is 0 Å². The van der Waals surface area contributed by atoms with Crippen molar-refractivity contribution in [2.24, 2.45) is 23.7 Å². The molecule has 2 rings (SSSR count). The first-order valence-corrected chi connectivity index (χ1v) is 8.80. The van der Waals surface area contributed by atoms with Crippen molar-refractivity contribution >= 4 is 23.5 Å². The van der Waals surface area contributed by atoms with Gasteiger partial charge in [0.15, 0.2) is 0 Å². The first kappa shape index (κ1) is 19.6. The standard InChI is InChI=1S/C18H26O7/c1-11(19)13-7-15(8-13)17(21)24-5-3-23-4-6-25-18(22)16-9-14(10-16)12(2)20/h13-16H,3-10H2,1-2H3. The summed E-state index contributed by atoms with van der Waals surface area (Å²) in [5.74, 6) is -0.640. The Kier molecular flexibility index (Phi) is 7.11. The highest BCUT2D eigenvalue weighted by atomic mass is 16.6. The SMILES string of the molecule is CC(=O)C1CC(C(=O)OCCOCCOC(=O)C2CC(C(C)=O)C2)C1. The van der Waals surface area contributed by atoms with Crippen molar-refractivity contribution < 1.29 is 33.4 Å². The van der Waals surface area contributed by atoms with E-state index in [1.807, 2.05) is 0 Å². The van der Waals surface area contributed by atoms with Crippen LogP contribution < -0.4 is 0 Å². The van der Waals surface area contributed by atoms with E-state index in [4.69, 9.17) is 14.2 Å². The molecule has 0 aromatic heterocycles. The first-order chi connectivity index (χ1) is 11.9. The van der Waals surface area contributed by atoms with Crippen LogP contribution in [0.5, 0.6) is 0 Å². The second kappa shape index (κ2) is 9.08. The molecule has 0 aliphatic heterocycles. The van der Waals surface area contributed by atoms with Gasteiger partial charge in [-0.1, -0.05) is 0 Å². The van der Waals surface area contributed by atoms with Gasteiger partial charge in [-0.15, -0.1) is 0 Å². The van der Waals surface area contributed by atoms with Gasteiger partial charge in [-0.2, -0.15) is 0 Å². The van der Waals surface area contributed by atoms with Gasteiger partial charge in [0.05, 0.1) is 25.0 Å². The van der Waals surface area contributed by atoms with Crippen molar-refractivity contribution in [3.8, 4) is 0 Å². The average molecular weight is 354 g/mol. The third-order valence-electron chi connectivity index (χ3n) is 5.04. The number of rotatable bonds is 10. The van der Waals surface area contributed by atoms with Gasteiger partial charge in [0.2, 0.25) is 0 Å². The molecule has 25 heavy (non-hydrogen) atoms. The Labute approximate surface area is 147 Å². The maximum absolute atomic E-state index is 11.7. The van der Waals surface area contributed by atoms with Crippen molar-refractivity contribution in [1.29, 1.82) is 0 Å². The molecule has 0 aromatic rings. The molecule has 7 heteroatoms. The lowest BCUT2D eigenvalue weighted by atomic mass is 9.73. The normalized spacial score (nSPS) is 27.6. The summed E-state index contributed by atoms with van der Waals surface area (Å²) in [6, 6.07) is 0. The fourth-order valence-corrected chi connectivity index (χ4v) is 3.02. The maximum atomic E-state index is 11.7. The number of carbonyl (C=O) groups is 4. The molecule has 0 atom stereocenters. The zero-order valence-electron chi connectivity index (χ0n) is 14.8. The molecule has 0 heterocycles. The number of Topliss-reactive ketones (excluding diaryl/α,β-unsaturated/α-hetero) is 2. The van der Waals surface area contributed by atoms with Crippen molar-refractivity contribution in [2.45, 2.75) is 39.5 Å². The van der Waals surface area contributed by atoms with Crippen LogP contribution in [0, 0.1) is 23.7 Å². The summed E-state index contributed by atoms with van der Waals surface area (Å²) in [6.45, 7) is 3.86. The average Bonchev–Trinajstić information content (AvgIpc) is 2.42. The quantitative estimate of drug-likeness (QED) is 0.431. The topological polar surface area (TPSA) is 96.0 Å². The minimum absolute atomic E-state index is 0.00452. The summed E-state index contributed by atoms with van der Waals surface area (Å²) in [5.41, 5.74) is 0. The van der Waals surface area contributed by atoms with Crippen LogP contribution in [-0.4, -0.2) is 49.9 Å². The fourth-order valence-electron chi connectivity index (χ4n) is 3.02. The molecule has 0 N–H and O–H groups in total. The number of ether oxygens (including phenoxy) is 3. The Bertz CT molecular complexity index is 470. The molecule has 2 aliphatic rings. The molecule has 0 amide bonds. The third-order valence-corrected chi connectivity index (χ3v) is 5.04. The smallest absolute Gasteiger partial charge is 0.309 e. The molecule has 0 spiro atoms. The van der Waals surface area contributed by atoms with Crippen LogP contribution in [0.4, 0.5) is 0 Å². The lowest BCUT2D eigenvalue weighted by molar-refractivity contribution is -0.156. The summed E-state index contributed by atoms with van der Waals surface area (Å²) >= 11 is 0. The van der Waals surface area contributed by atoms with E-state index in [0.717, 1.165) is 0 Å². The molecular formula is C18H26O7. The van der Waals surface area contributed by atoms with Gasteiger partial charge in [-0.05, 0) is 39.5 Å². The minimum atomic E-state index is -0.280. The molecule has 2 fully saturated rings. The highest BCUT2D eigenvalue weighted by molar-refractivity contribution is 5.83. The van der Waals surface area contributed by atoms with Gasteiger partial charge in [-0.3, -0.25) is 19.2 Å². The highest BCUT2D eigenvalue weighted by Gasteiger charge is 2.38. The number of hydrogen-bond acceptors (Lipinski definition) is 7. The molecule has 2 saturated carbocycles. The van der Waals surface area contributed by atoms with Crippen LogP contribution in [0.1, 0.15) is 39.5 Å². The Morgan fingerprint density at radius 3 is 1.32 bits per heavy atom. The van der Waals surface area contributed by atoms with Gasteiger partial charge in [0.1, 0.15) is 24.8 Å². The summed E-state index contributed by atoms with van der Waals surface area (Å²) in [7, 11) is 0. The van der Waals surface area contributed by atoms with E-state index in [0.29, 0.717) is 25.7 Å². The predicted octanol–water partition coefficient (Wildman–Crippen LogP) is 1.32. The Hall–Kier alpha value is -1.76. The van der Waals surface area contributed by atoms with Crippen LogP contribution in [0.3, 0.4) is 0 Å². The number of esters is 2. The van der Waals surface area contributed by atoms with Gasteiger partial charge in [0, 0.05) is 11.8 Å². The summed E-state index contributed by atoms with van der Waals surface area (Å²) in [5, 5.41) is 0. The van der Waals surface area contributed by atoms with Crippen molar-refractivity contribution in [1.82, 2.24) is 0 Å². The Balaban J connectivity index is 1.41.